The largest absolute Gasteiger partial charge is 0.397 e. The maximum atomic E-state index is 12.0. The number of hydrogen-bond donors (Lipinski definition) is 2. The molecule has 0 aromatic heterocycles. The van der Waals surface area contributed by atoms with Crippen LogP contribution in [0, 0.1) is 0 Å². The van der Waals surface area contributed by atoms with Gasteiger partial charge in [0, 0.05) is 13.1 Å². The molecular formula is C14H20ClN3O. The van der Waals surface area contributed by atoms with Gasteiger partial charge in [0.15, 0.2) is 0 Å². The molecule has 0 saturated carbocycles. The Bertz CT molecular complexity index is 444. The third-order valence-corrected chi connectivity index (χ3v) is 3.79. The number of carbonyl (C=O) groups excluding carboxylic acids is 1. The number of amides is 1. The number of nitrogen functional groups attached to an aromatic ring is 1. The van der Waals surface area contributed by atoms with E-state index in [0.29, 0.717) is 22.8 Å². The fraction of sp³-hybridized carbons (Fsp3) is 0.500. The van der Waals surface area contributed by atoms with Gasteiger partial charge < -0.3 is 16.0 Å². The van der Waals surface area contributed by atoms with E-state index in [4.69, 9.17) is 17.3 Å². The molecule has 1 fully saturated rings. The third kappa shape index (κ3) is 3.85. The lowest BCUT2D eigenvalue weighted by Gasteiger charge is -2.26. The van der Waals surface area contributed by atoms with Crippen LogP contribution in [0.15, 0.2) is 18.2 Å². The minimum absolute atomic E-state index is 0.156. The molecule has 1 aromatic carbocycles. The van der Waals surface area contributed by atoms with Gasteiger partial charge >= 0.3 is 0 Å². The topological polar surface area (TPSA) is 58.4 Å². The van der Waals surface area contributed by atoms with E-state index in [1.165, 1.54) is 19.3 Å². The maximum Gasteiger partial charge on any atom is 0.253 e. The molecular weight excluding hydrogens is 262 g/mol. The van der Waals surface area contributed by atoms with Crippen LogP contribution < -0.4 is 11.1 Å². The summed E-state index contributed by atoms with van der Waals surface area (Å²) in [6.07, 6.45) is 3.84. The summed E-state index contributed by atoms with van der Waals surface area (Å²) in [7, 11) is 0. The molecule has 5 heteroatoms. The number of rotatable bonds is 4. The van der Waals surface area contributed by atoms with Crippen molar-refractivity contribution in [1.29, 1.82) is 0 Å². The number of anilines is 1. The molecule has 3 N–H and O–H groups in total. The zero-order valence-electron chi connectivity index (χ0n) is 11.0. The predicted octanol–water partition coefficient (Wildman–Crippen LogP) is 2.14. The van der Waals surface area contributed by atoms with Crippen molar-refractivity contribution in [2.45, 2.75) is 19.3 Å². The van der Waals surface area contributed by atoms with Gasteiger partial charge in [-0.05, 0) is 38.1 Å². The summed E-state index contributed by atoms with van der Waals surface area (Å²) >= 11 is 5.90. The van der Waals surface area contributed by atoms with Gasteiger partial charge in [-0.15, -0.1) is 0 Å². The Kier molecular flexibility index (Phi) is 5.05. The summed E-state index contributed by atoms with van der Waals surface area (Å²) in [5.74, 6) is -0.156. The molecule has 0 bridgehead atoms. The van der Waals surface area contributed by atoms with Crippen LogP contribution in [-0.2, 0) is 0 Å². The minimum Gasteiger partial charge on any atom is -0.397 e. The van der Waals surface area contributed by atoms with E-state index in [2.05, 4.69) is 10.2 Å². The fourth-order valence-electron chi connectivity index (χ4n) is 2.34. The molecule has 1 amide bonds. The lowest BCUT2D eigenvalue weighted by Crippen LogP contribution is -2.37. The number of piperidine rings is 1. The predicted molar refractivity (Wildman–Crippen MR) is 78.5 cm³/mol. The quantitative estimate of drug-likeness (QED) is 0.832. The Morgan fingerprint density at radius 2 is 2.05 bits per heavy atom. The van der Waals surface area contributed by atoms with Gasteiger partial charge in [-0.25, -0.2) is 0 Å². The summed E-state index contributed by atoms with van der Waals surface area (Å²) in [6.45, 7) is 3.81. The average molecular weight is 282 g/mol. The molecule has 0 radical (unpaired) electrons. The highest BCUT2D eigenvalue weighted by atomic mass is 35.5. The van der Waals surface area contributed by atoms with Crippen molar-refractivity contribution in [3.63, 3.8) is 0 Å². The van der Waals surface area contributed by atoms with Gasteiger partial charge in [-0.3, -0.25) is 4.79 Å². The molecule has 1 heterocycles. The van der Waals surface area contributed by atoms with Crippen molar-refractivity contribution in [3.05, 3.63) is 28.8 Å². The van der Waals surface area contributed by atoms with E-state index in [1.54, 1.807) is 18.2 Å². The highest BCUT2D eigenvalue weighted by Crippen LogP contribution is 2.22. The number of benzene rings is 1. The lowest BCUT2D eigenvalue weighted by molar-refractivity contribution is 0.0947. The molecule has 1 aliphatic heterocycles. The smallest absolute Gasteiger partial charge is 0.253 e. The zero-order valence-corrected chi connectivity index (χ0v) is 11.7. The van der Waals surface area contributed by atoms with Crippen LogP contribution >= 0.6 is 11.6 Å². The number of carbonyl (C=O) groups is 1. The van der Waals surface area contributed by atoms with Crippen LogP contribution in [0.5, 0.6) is 0 Å². The van der Waals surface area contributed by atoms with E-state index in [9.17, 15) is 4.79 Å². The lowest BCUT2D eigenvalue weighted by atomic mass is 10.1. The molecule has 19 heavy (non-hydrogen) atoms. The molecule has 1 aliphatic rings. The second-order valence-electron chi connectivity index (χ2n) is 4.86. The summed E-state index contributed by atoms with van der Waals surface area (Å²) in [4.78, 5) is 14.4. The molecule has 0 unspecified atom stereocenters. The Balaban J connectivity index is 1.82. The molecule has 104 valence electrons. The van der Waals surface area contributed by atoms with E-state index < -0.39 is 0 Å². The third-order valence-electron chi connectivity index (χ3n) is 3.46. The molecule has 2 rings (SSSR count). The molecule has 0 spiro atoms. The van der Waals surface area contributed by atoms with Crippen molar-refractivity contribution in [2.24, 2.45) is 0 Å². The van der Waals surface area contributed by atoms with Crippen molar-refractivity contribution in [1.82, 2.24) is 10.2 Å². The number of nitrogens with zero attached hydrogens (tertiary/aromatic N) is 1. The first-order chi connectivity index (χ1) is 9.18. The number of likely N-dealkylation sites (tertiary alicyclic amines) is 1. The zero-order chi connectivity index (χ0) is 13.7. The fourth-order valence-corrected chi connectivity index (χ4v) is 2.52. The Morgan fingerprint density at radius 3 is 2.79 bits per heavy atom. The average Bonchev–Trinajstić information content (AvgIpc) is 2.43. The van der Waals surface area contributed by atoms with Crippen LogP contribution in [0.2, 0.25) is 5.02 Å². The van der Waals surface area contributed by atoms with Crippen LogP contribution in [0.25, 0.3) is 0 Å². The van der Waals surface area contributed by atoms with Crippen LogP contribution in [0.4, 0.5) is 5.69 Å². The van der Waals surface area contributed by atoms with Crippen LogP contribution in [0.3, 0.4) is 0 Å². The van der Waals surface area contributed by atoms with Gasteiger partial charge in [0.2, 0.25) is 0 Å². The van der Waals surface area contributed by atoms with E-state index in [-0.39, 0.29) is 5.91 Å². The second-order valence-corrected chi connectivity index (χ2v) is 5.27. The van der Waals surface area contributed by atoms with Gasteiger partial charge in [0.1, 0.15) is 0 Å². The van der Waals surface area contributed by atoms with Crippen molar-refractivity contribution in [3.8, 4) is 0 Å². The van der Waals surface area contributed by atoms with Crippen molar-refractivity contribution in [2.75, 3.05) is 31.9 Å². The summed E-state index contributed by atoms with van der Waals surface area (Å²) in [5.41, 5.74) is 6.59. The minimum atomic E-state index is -0.156. The SMILES string of the molecule is Nc1c(Cl)cccc1C(=O)NCCN1CCCCC1. The van der Waals surface area contributed by atoms with Gasteiger partial charge in [-0.2, -0.15) is 0 Å². The van der Waals surface area contributed by atoms with Crippen molar-refractivity contribution < 1.29 is 4.79 Å². The van der Waals surface area contributed by atoms with Crippen LogP contribution in [-0.4, -0.2) is 37.0 Å². The highest BCUT2D eigenvalue weighted by molar-refractivity contribution is 6.33. The number of hydrogen-bond acceptors (Lipinski definition) is 3. The standard InChI is InChI=1S/C14H20ClN3O/c15-12-6-4-5-11(13(12)16)14(19)17-7-10-18-8-2-1-3-9-18/h4-6H,1-3,7-10,16H2,(H,17,19). The maximum absolute atomic E-state index is 12.0. The number of para-hydroxylation sites is 1. The normalized spacial score (nSPS) is 16.3. The molecule has 4 nitrogen and oxygen atoms in total. The van der Waals surface area contributed by atoms with Gasteiger partial charge in [0.25, 0.3) is 5.91 Å². The highest BCUT2D eigenvalue weighted by Gasteiger charge is 2.13. The monoisotopic (exact) mass is 281 g/mol. The first-order valence-corrected chi connectivity index (χ1v) is 7.11. The summed E-state index contributed by atoms with van der Waals surface area (Å²) < 4.78 is 0. The van der Waals surface area contributed by atoms with Crippen molar-refractivity contribution >= 4 is 23.2 Å². The number of nitrogens with one attached hydrogen (secondary N) is 1. The molecule has 0 atom stereocenters. The van der Waals surface area contributed by atoms with E-state index in [1.807, 2.05) is 0 Å². The number of nitrogens with two attached hydrogens (primary N) is 1. The summed E-state index contributed by atoms with van der Waals surface area (Å²) in [6, 6.07) is 5.11. The molecule has 1 aromatic rings. The van der Waals surface area contributed by atoms with Crippen LogP contribution in [0.1, 0.15) is 29.6 Å². The Morgan fingerprint density at radius 1 is 1.32 bits per heavy atom. The van der Waals surface area contributed by atoms with E-state index >= 15 is 0 Å². The van der Waals surface area contributed by atoms with Gasteiger partial charge in [-0.1, -0.05) is 24.1 Å². The molecule has 1 saturated heterocycles. The number of halogens is 1. The first-order valence-electron chi connectivity index (χ1n) is 6.73. The summed E-state index contributed by atoms with van der Waals surface area (Å²) in [5, 5.41) is 3.32. The van der Waals surface area contributed by atoms with E-state index in [0.717, 1.165) is 19.6 Å². The second kappa shape index (κ2) is 6.78. The molecule has 0 aliphatic carbocycles. The Hall–Kier alpha value is -1.26. The first kappa shape index (κ1) is 14.2. The Labute approximate surface area is 118 Å². The van der Waals surface area contributed by atoms with Gasteiger partial charge in [0.05, 0.1) is 16.3 Å².